The molecular weight excluding hydrogens is 222 g/mol. The SMILES string of the molecule is Cc1cccc(NCC[C@H](O)c2ccccc2)c1. The zero-order valence-corrected chi connectivity index (χ0v) is 10.6. The van der Waals surface area contributed by atoms with E-state index in [0.29, 0.717) is 6.42 Å². The Bertz CT molecular complexity index is 481. The lowest BCUT2D eigenvalue weighted by Gasteiger charge is -2.12. The largest absolute Gasteiger partial charge is 0.388 e. The van der Waals surface area contributed by atoms with E-state index in [0.717, 1.165) is 17.8 Å². The summed E-state index contributed by atoms with van der Waals surface area (Å²) < 4.78 is 0. The first-order chi connectivity index (χ1) is 8.75. The molecule has 2 aromatic carbocycles. The van der Waals surface area contributed by atoms with Crippen molar-refractivity contribution in [2.45, 2.75) is 19.4 Å². The summed E-state index contributed by atoms with van der Waals surface area (Å²) in [5.41, 5.74) is 3.32. The van der Waals surface area contributed by atoms with Crippen LogP contribution in [0.1, 0.15) is 23.7 Å². The molecule has 2 heteroatoms. The molecule has 94 valence electrons. The zero-order valence-electron chi connectivity index (χ0n) is 10.6. The maximum atomic E-state index is 10.0. The third-order valence-corrected chi connectivity index (χ3v) is 2.95. The second-order valence-corrected chi connectivity index (χ2v) is 4.51. The standard InChI is InChI=1S/C16H19NO/c1-13-6-5-9-15(12-13)17-11-10-16(18)14-7-3-2-4-8-14/h2-9,12,16-18H,10-11H2,1H3/t16-/m0/s1. The number of hydrogen-bond donors (Lipinski definition) is 2. The van der Waals surface area contributed by atoms with Crippen LogP contribution in [0.2, 0.25) is 0 Å². The van der Waals surface area contributed by atoms with Crippen molar-refractivity contribution in [3.8, 4) is 0 Å². The van der Waals surface area contributed by atoms with Gasteiger partial charge in [-0.05, 0) is 36.6 Å². The molecule has 18 heavy (non-hydrogen) atoms. The van der Waals surface area contributed by atoms with E-state index in [9.17, 15) is 5.11 Å². The van der Waals surface area contributed by atoms with Crippen LogP contribution in [-0.4, -0.2) is 11.7 Å². The summed E-state index contributed by atoms with van der Waals surface area (Å²) in [4.78, 5) is 0. The van der Waals surface area contributed by atoms with Crippen molar-refractivity contribution < 1.29 is 5.11 Å². The molecule has 2 N–H and O–H groups in total. The zero-order chi connectivity index (χ0) is 12.8. The first-order valence-corrected chi connectivity index (χ1v) is 6.29. The van der Waals surface area contributed by atoms with Gasteiger partial charge in [0.05, 0.1) is 6.10 Å². The van der Waals surface area contributed by atoms with Gasteiger partial charge >= 0.3 is 0 Å². The number of anilines is 1. The number of rotatable bonds is 5. The lowest BCUT2D eigenvalue weighted by Crippen LogP contribution is -2.07. The fraction of sp³-hybridized carbons (Fsp3) is 0.250. The average molecular weight is 241 g/mol. The molecule has 0 aliphatic heterocycles. The molecule has 0 aliphatic carbocycles. The fourth-order valence-corrected chi connectivity index (χ4v) is 1.95. The van der Waals surface area contributed by atoms with E-state index in [1.807, 2.05) is 42.5 Å². The Morgan fingerprint density at radius 1 is 1.06 bits per heavy atom. The Hall–Kier alpha value is -1.80. The van der Waals surface area contributed by atoms with E-state index in [4.69, 9.17) is 0 Å². The van der Waals surface area contributed by atoms with Gasteiger partial charge in [-0.3, -0.25) is 0 Å². The molecule has 0 radical (unpaired) electrons. The molecule has 0 aromatic heterocycles. The quantitative estimate of drug-likeness (QED) is 0.839. The molecule has 2 aromatic rings. The second kappa shape index (κ2) is 6.22. The van der Waals surface area contributed by atoms with Crippen molar-refractivity contribution in [1.82, 2.24) is 0 Å². The summed E-state index contributed by atoms with van der Waals surface area (Å²) >= 11 is 0. The van der Waals surface area contributed by atoms with Gasteiger partial charge in [0.25, 0.3) is 0 Å². The first-order valence-electron chi connectivity index (χ1n) is 6.29. The lowest BCUT2D eigenvalue weighted by molar-refractivity contribution is 0.171. The predicted molar refractivity (Wildman–Crippen MR) is 75.7 cm³/mol. The summed E-state index contributed by atoms with van der Waals surface area (Å²) in [6, 6.07) is 18.0. The van der Waals surface area contributed by atoms with E-state index in [-0.39, 0.29) is 0 Å². The monoisotopic (exact) mass is 241 g/mol. The molecule has 0 aliphatic rings. The van der Waals surface area contributed by atoms with E-state index in [1.165, 1.54) is 5.56 Å². The molecule has 0 amide bonds. The van der Waals surface area contributed by atoms with E-state index in [1.54, 1.807) is 0 Å². The fourth-order valence-electron chi connectivity index (χ4n) is 1.95. The predicted octanol–water partition coefficient (Wildman–Crippen LogP) is 3.53. The van der Waals surface area contributed by atoms with Gasteiger partial charge < -0.3 is 10.4 Å². The van der Waals surface area contributed by atoms with Crippen LogP contribution in [0.15, 0.2) is 54.6 Å². The van der Waals surface area contributed by atoms with Gasteiger partial charge in [-0.25, -0.2) is 0 Å². The van der Waals surface area contributed by atoms with Crippen LogP contribution in [0.5, 0.6) is 0 Å². The topological polar surface area (TPSA) is 32.3 Å². The molecule has 0 saturated carbocycles. The molecule has 1 atom stereocenters. The van der Waals surface area contributed by atoms with Crippen LogP contribution >= 0.6 is 0 Å². The Morgan fingerprint density at radius 3 is 2.56 bits per heavy atom. The maximum absolute atomic E-state index is 10.0. The number of hydrogen-bond acceptors (Lipinski definition) is 2. The van der Waals surface area contributed by atoms with Crippen molar-refractivity contribution in [3.05, 3.63) is 65.7 Å². The second-order valence-electron chi connectivity index (χ2n) is 4.51. The molecule has 0 fully saturated rings. The third kappa shape index (κ3) is 3.60. The Kier molecular flexibility index (Phi) is 4.37. The smallest absolute Gasteiger partial charge is 0.0806 e. The Balaban J connectivity index is 1.82. The van der Waals surface area contributed by atoms with Crippen LogP contribution in [0.25, 0.3) is 0 Å². The summed E-state index contributed by atoms with van der Waals surface area (Å²) in [6.07, 6.45) is 0.307. The van der Waals surface area contributed by atoms with Gasteiger partial charge in [0.15, 0.2) is 0 Å². The number of benzene rings is 2. The van der Waals surface area contributed by atoms with Crippen molar-refractivity contribution in [2.24, 2.45) is 0 Å². The van der Waals surface area contributed by atoms with Crippen LogP contribution < -0.4 is 5.32 Å². The highest BCUT2D eigenvalue weighted by molar-refractivity contribution is 5.45. The average Bonchev–Trinajstić information content (AvgIpc) is 2.40. The van der Waals surface area contributed by atoms with E-state index < -0.39 is 6.10 Å². The van der Waals surface area contributed by atoms with Crippen LogP contribution in [0.3, 0.4) is 0 Å². The van der Waals surface area contributed by atoms with E-state index >= 15 is 0 Å². The molecule has 0 spiro atoms. The number of aryl methyl sites for hydroxylation is 1. The summed E-state index contributed by atoms with van der Waals surface area (Å²) in [5, 5.41) is 13.3. The molecule has 0 bridgehead atoms. The maximum Gasteiger partial charge on any atom is 0.0806 e. The minimum atomic E-state index is -0.400. The Labute approximate surface area is 108 Å². The van der Waals surface area contributed by atoms with Gasteiger partial charge in [0.1, 0.15) is 0 Å². The summed E-state index contributed by atoms with van der Waals surface area (Å²) in [7, 11) is 0. The normalized spacial score (nSPS) is 12.1. The number of aliphatic hydroxyl groups is 1. The van der Waals surface area contributed by atoms with Gasteiger partial charge in [-0.1, -0.05) is 42.5 Å². The van der Waals surface area contributed by atoms with Crippen molar-refractivity contribution in [3.63, 3.8) is 0 Å². The van der Waals surface area contributed by atoms with Gasteiger partial charge in [0, 0.05) is 12.2 Å². The highest BCUT2D eigenvalue weighted by Crippen LogP contribution is 2.16. The molecule has 2 nitrogen and oxygen atoms in total. The van der Waals surface area contributed by atoms with Gasteiger partial charge in [-0.2, -0.15) is 0 Å². The highest BCUT2D eigenvalue weighted by Gasteiger charge is 2.05. The first kappa shape index (κ1) is 12.7. The minimum Gasteiger partial charge on any atom is -0.388 e. The van der Waals surface area contributed by atoms with Crippen LogP contribution in [-0.2, 0) is 0 Å². The minimum absolute atomic E-state index is 0.400. The van der Waals surface area contributed by atoms with Gasteiger partial charge in [0.2, 0.25) is 0 Å². The van der Waals surface area contributed by atoms with Crippen molar-refractivity contribution in [1.29, 1.82) is 0 Å². The lowest BCUT2D eigenvalue weighted by atomic mass is 10.1. The molecule has 0 unspecified atom stereocenters. The van der Waals surface area contributed by atoms with E-state index in [2.05, 4.69) is 24.4 Å². The Morgan fingerprint density at radius 2 is 1.83 bits per heavy atom. The molecule has 0 saturated heterocycles. The molecule has 0 heterocycles. The van der Waals surface area contributed by atoms with Crippen LogP contribution in [0.4, 0.5) is 5.69 Å². The molecule has 2 rings (SSSR count). The van der Waals surface area contributed by atoms with Gasteiger partial charge in [-0.15, -0.1) is 0 Å². The summed E-state index contributed by atoms with van der Waals surface area (Å²) in [5.74, 6) is 0. The molecular formula is C16H19NO. The highest BCUT2D eigenvalue weighted by atomic mass is 16.3. The van der Waals surface area contributed by atoms with Crippen molar-refractivity contribution in [2.75, 3.05) is 11.9 Å². The number of nitrogens with one attached hydrogen (secondary N) is 1. The van der Waals surface area contributed by atoms with Crippen molar-refractivity contribution >= 4 is 5.69 Å². The number of aliphatic hydroxyl groups excluding tert-OH is 1. The van der Waals surface area contributed by atoms with Crippen LogP contribution in [0, 0.1) is 6.92 Å². The summed E-state index contributed by atoms with van der Waals surface area (Å²) in [6.45, 7) is 2.84. The third-order valence-electron chi connectivity index (χ3n) is 2.95.